The van der Waals surface area contributed by atoms with Gasteiger partial charge in [-0.15, -0.1) is 0 Å². The van der Waals surface area contributed by atoms with Crippen molar-refractivity contribution in [1.82, 2.24) is 4.90 Å². The van der Waals surface area contributed by atoms with E-state index in [-0.39, 0.29) is 17.8 Å². The molecule has 2 aromatic carbocycles. The fourth-order valence-corrected chi connectivity index (χ4v) is 3.89. The van der Waals surface area contributed by atoms with Crippen molar-refractivity contribution in [3.8, 4) is 5.75 Å². The van der Waals surface area contributed by atoms with Crippen molar-refractivity contribution < 1.29 is 18.3 Å². The highest BCUT2D eigenvalue weighted by Crippen LogP contribution is 2.33. The molecule has 2 aliphatic rings. The molecule has 1 fully saturated rings. The van der Waals surface area contributed by atoms with Crippen LogP contribution in [-0.4, -0.2) is 36.7 Å². The minimum absolute atomic E-state index is 0.0365. The molecule has 0 spiro atoms. The van der Waals surface area contributed by atoms with Gasteiger partial charge in [-0.3, -0.25) is 9.69 Å². The average molecular weight is 372 g/mol. The van der Waals surface area contributed by atoms with E-state index >= 15 is 0 Å². The number of hydrogen-bond acceptors (Lipinski definition) is 3. The Kier molecular flexibility index (Phi) is 5.07. The quantitative estimate of drug-likeness (QED) is 0.866. The van der Waals surface area contributed by atoms with Crippen molar-refractivity contribution in [2.24, 2.45) is 0 Å². The number of benzene rings is 2. The summed E-state index contributed by atoms with van der Waals surface area (Å²) in [7, 11) is 0. The van der Waals surface area contributed by atoms with Gasteiger partial charge in [-0.25, -0.2) is 8.78 Å². The van der Waals surface area contributed by atoms with Gasteiger partial charge >= 0.3 is 0 Å². The SMILES string of the molecule is O=C1CCc2cc(OCCN3CC(F)CC3c3cccc(F)c3)ccc2N1. The molecule has 0 saturated carbocycles. The smallest absolute Gasteiger partial charge is 0.224 e. The number of carbonyl (C=O) groups is 1. The van der Waals surface area contributed by atoms with E-state index < -0.39 is 6.17 Å². The van der Waals surface area contributed by atoms with E-state index in [4.69, 9.17) is 4.74 Å². The van der Waals surface area contributed by atoms with Gasteiger partial charge in [0.25, 0.3) is 0 Å². The van der Waals surface area contributed by atoms with Gasteiger partial charge in [0.05, 0.1) is 0 Å². The molecule has 0 aliphatic carbocycles. The molecule has 0 radical (unpaired) electrons. The minimum Gasteiger partial charge on any atom is -0.492 e. The maximum absolute atomic E-state index is 14.0. The van der Waals surface area contributed by atoms with Crippen LogP contribution < -0.4 is 10.1 Å². The molecule has 0 bridgehead atoms. The van der Waals surface area contributed by atoms with E-state index in [2.05, 4.69) is 5.32 Å². The molecule has 4 nitrogen and oxygen atoms in total. The zero-order chi connectivity index (χ0) is 18.8. The summed E-state index contributed by atoms with van der Waals surface area (Å²) in [5, 5.41) is 2.85. The molecule has 1 N–H and O–H groups in total. The van der Waals surface area contributed by atoms with Crippen LogP contribution >= 0.6 is 0 Å². The van der Waals surface area contributed by atoms with E-state index in [1.165, 1.54) is 12.1 Å². The Morgan fingerprint density at radius 2 is 2.07 bits per heavy atom. The lowest BCUT2D eigenvalue weighted by Gasteiger charge is -2.24. The summed E-state index contributed by atoms with van der Waals surface area (Å²) >= 11 is 0. The third-order valence-electron chi connectivity index (χ3n) is 5.21. The summed E-state index contributed by atoms with van der Waals surface area (Å²) in [4.78, 5) is 13.4. The van der Waals surface area contributed by atoms with Crippen LogP contribution in [0.15, 0.2) is 42.5 Å². The normalized spacial score (nSPS) is 22.4. The topological polar surface area (TPSA) is 41.6 Å². The largest absolute Gasteiger partial charge is 0.492 e. The van der Waals surface area contributed by atoms with E-state index in [0.717, 1.165) is 22.6 Å². The third kappa shape index (κ3) is 4.11. The number of nitrogens with one attached hydrogen (secondary N) is 1. The van der Waals surface area contributed by atoms with Crippen molar-refractivity contribution in [2.45, 2.75) is 31.5 Å². The maximum Gasteiger partial charge on any atom is 0.224 e. The average Bonchev–Trinajstić information content (AvgIpc) is 3.02. The van der Waals surface area contributed by atoms with Gasteiger partial charge in [0, 0.05) is 31.2 Å². The Labute approximate surface area is 157 Å². The first kappa shape index (κ1) is 17.9. The molecular weight excluding hydrogens is 350 g/mol. The van der Waals surface area contributed by atoms with Crippen molar-refractivity contribution in [3.63, 3.8) is 0 Å². The number of hydrogen-bond donors (Lipinski definition) is 1. The van der Waals surface area contributed by atoms with Crippen LogP contribution in [0.2, 0.25) is 0 Å². The van der Waals surface area contributed by atoms with Crippen LogP contribution in [0.1, 0.15) is 30.0 Å². The van der Waals surface area contributed by atoms with Crippen LogP contribution in [0.4, 0.5) is 14.5 Å². The van der Waals surface area contributed by atoms with Crippen LogP contribution in [0.3, 0.4) is 0 Å². The molecule has 27 heavy (non-hydrogen) atoms. The number of ether oxygens (including phenoxy) is 1. The molecule has 6 heteroatoms. The number of amides is 1. The number of carbonyl (C=O) groups excluding carboxylic acids is 1. The van der Waals surface area contributed by atoms with Gasteiger partial charge in [-0.1, -0.05) is 12.1 Å². The lowest BCUT2D eigenvalue weighted by Crippen LogP contribution is -2.29. The van der Waals surface area contributed by atoms with Crippen LogP contribution in [0.25, 0.3) is 0 Å². The van der Waals surface area contributed by atoms with E-state index in [1.54, 1.807) is 6.07 Å². The van der Waals surface area contributed by atoms with Gasteiger partial charge in [0.15, 0.2) is 0 Å². The fourth-order valence-electron chi connectivity index (χ4n) is 3.89. The van der Waals surface area contributed by atoms with E-state index in [9.17, 15) is 13.6 Å². The number of aryl methyl sites for hydroxylation is 1. The first-order valence-corrected chi connectivity index (χ1v) is 9.27. The highest BCUT2D eigenvalue weighted by molar-refractivity contribution is 5.93. The van der Waals surface area contributed by atoms with E-state index in [0.29, 0.717) is 39.0 Å². The third-order valence-corrected chi connectivity index (χ3v) is 5.21. The molecular formula is C21H22F2N2O2. The highest BCUT2D eigenvalue weighted by atomic mass is 19.1. The monoisotopic (exact) mass is 372 g/mol. The molecule has 1 amide bonds. The Balaban J connectivity index is 1.37. The number of likely N-dealkylation sites (tertiary alicyclic amines) is 1. The predicted octanol–water partition coefficient (Wildman–Crippen LogP) is 3.87. The van der Waals surface area contributed by atoms with Crippen LogP contribution in [0.5, 0.6) is 5.75 Å². The zero-order valence-corrected chi connectivity index (χ0v) is 15.0. The summed E-state index contributed by atoms with van der Waals surface area (Å²) in [6, 6.07) is 11.9. The molecule has 4 rings (SSSR count). The molecule has 2 aromatic rings. The number of alkyl halides is 1. The fraction of sp³-hybridized carbons (Fsp3) is 0.381. The summed E-state index contributed by atoms with van der Waals surface area (Å²) in [5.74, 6) is 0.477. The van der Waals surface area contributed by atoms with Crippen LogP contribution in [0, 0.1) is 5.82 Å². The second kappa shape index (κ2) is 7.64. The molecule has 2 unspecified atom stereocenters. The van der Waals surface area contributed by atoms with Gasteiger partial charge in [0.2, 0.25) is 5.91 Å². The second-order valence-corrected chi connectivity index (χ2v) is 7.11. The van der Waals surface area contributed by atoms with Crippen molar-refractivity contribution >= 4 is 11.6 Å². The number of anilines is 1. The molecule has 142 valence electrons. The second-order valence-electron chi connectivity index (χ2n) is 7.11. The van der Waals surface area contributed by atoms with Crippen molar-refractivity contribution in [3.05, 3.63) is 59.4 Å². The lowest BCUT2D eigenvalue weighted by atomic mass is 10.0. The minimum atomic E-state index is -0.911. The molecule has 2 heterocycles. The Morgan fingerprint density at radius 1 is 1.19 bits per heavy atom. The Morgan fingerprint density at radius 3 is 2.93 bits per heavy atom. The summed E-state index contributed by atoms with van der Waals surface area (Å²) in [5.41, 5.74) is 2.71. The summed E-state index contributed by atoms with van der Waals surface area (Å²) < 4.78 is 33.3. The van der Waals surface area contributed by atoms with Crippen molar-refractivity contribution in [1.29, 1.82) is 0 Å². The van der Waals surface area contributed by atoms with Gasteiger partial charge in [-0.2, -0.15) is 0 Å². The van der Waals surface area contributed by atoms with Gasteiger partial charge in [-0.05, 0) is 54.3 Å². The van der Waals surface area contributed by atoms with Gasteiger partial charge < -0.3 is 10.1 Å². The molecule has 2 atom stereocenters. The number of rotatable bonds is 5. The predicted molar refractivity (Wildman–Crippen MR) is 99.1 cm³/mol. The van der Waals surface area contributed by atoms with E-state index in [1.807, 2.05) is 29.2 Å². The number of nitrogens with zero attached hydrogens (tertiary/aromatic N) is 1. The Hall–Kier alpha value is -2.47. The lowest BCUT2D eigenvalue weighted by molar-refractivity contribution is -0.116. The first-order valence-electron chi connectivity index (χ1n) is 9.27. The zero-order valence-electron chi connectivity index (χ0n) is 15.0. The standard InChI is InChI=1S/C21H22F2N2O2/c22-16-3-1-2-15(10-16)20-12-17(23)13-25(20)8-9-27-18-5-6-19-14(11-18)4-7-21(26)24-19/h1-3,5-6,10-11,17,20H,4,7-9,12-13H2,(H,24,26). The molecule has 0 aromatic heterocycles. The highest BCUT2D eigenvalue weighted by Gasteiger charge is 2.33. The molecule has 2 aliphatic heterocycles. The first-order chi connectivity index (χ1) is 13.1. The maximum atomic E-state index is 14.0. The summed E-state index contributed by atoms with van der Waals surface area (Å²) in [6.07, 6.45) is 0.653. The summed E-state index contributed by atoms with van der Waals surface area (Å²) in [6.45, 7) is 1.32. The Bertz CT molecular complexity index is 843. The van der Waals surface area contributed by atoms with Crippen LogP contribution in [-0.2, 0) is 11.2 Å². The van der Waals surface area contributed by atoms with Gasteiger partial charge in [0.1, 0.15) is 24.3 Å². The number of fused-ring (bicyclic) bond motifs is 1. The number of halogens is 2. The molecule has 1 saturated heterocycles. The van der Waals surface area contributed by atoms with Crippen molar-refractivity contribution in [2.75, 3.05) is 25.0 Å².